The number of methoxy groups -OCH3 is 1. The Hall–Kier alpha value is -2.04. The average Bonchev–Trinajstić information content (AvgIpc) is 2.36. The van der Waals surface area contributed by atoms with Crippen molar-refractivity contribution in [3.8, 4) is 5.75 Å². The van der Waals surface area contributed by atoms with Crippen LogP contribution in [0.3, 0.4) is 0 Å². The number of aliphatic carboxylic acids is 1. The average molecular weight is 279 g/mol. The van der Waals surface area contributed by atoms with E-state index in [0.717, 1.165) is 5.56 Å². The molecule has 1 aromatic carbocycles. The van der Waals surface area contributed by atoms with Crippen molar-refractivity contribution in [3.05, 3.63) is 29.3 Å². The van der Waals surface area contributed by atoms with Crippen molar-refractivity contribution in [2.45, 2.75) is 33.2 Å². The summed E-state index contributed by atoms with van der Waals surface area (Å²) >= 11 is 0. The molecular weight excluding hydrogens is 258 g/mol. The molecule has 5 nitrogen and oxygen atoms in total. The minimum Gasteiger partial charge on any atom is -0.497 e. The minimum atomic E-state index is -1.02. The molecule has 0 aromatic heterocycles. The number of hydrogen-bond acceptors (Lipinski definition) is 3. The van der Waals surface area contributed by atoms with Gasteiger partial charge >= 0.3 is 5.97 Å². The van der Waals surface area contributed by atoms with E-state index in [4.69, 9.17) is 9.84 Å². The normalized spacial score (nSPS) is 12.1. The first-order valence-electron chi connectivity index (χ1n) is 6.53. The van der Waals surface area contributed by atoms with E-state index in [9.17, 15) is 9.59 Å². The molecule has 0 saturated carbocycles. The van der Waals surface area contributed by atoms with Gasteiger partial charge in [0.15, 0.2) is 0 Å². The van der Waals surface area contributed by atoms with E-state index in [1.165, 1.54) is 0 Å². The first kappa shape index (κ1) is 16.0. The third-order valence-corrected chi connectivity index (χ3v) is 2.99. The highest BCUT2D eigenvalue weighted by Crippen LogP contribution is 2.17. The molecular formula is C15H21NO4. The zero-order chi connectivity index (χ0) is 15.3. The van der Waals surface area contributed by atoms with Gasteiger partial charge in [0.2, 0.25) is 0 Å². The molecule has 0 aliphatic heterocycles. The van der Waals surface area contributed by atoms with Crippen molar-refractivity contribution in [1.82, 2.24) is 5.32 Å². The number of benzene rings is 1. The first-order valence-corrected chi connectivity index (χ1v) is 6.53. The summed E-state index contributed by atoms with van der Waals surface area (Å²) < 4.78 is 5.08. The number of amides is 1. The van der Waals surface area contributed by atoms with Gasteiger partial charge in [0.25, 0.3) is 5.91 Å². The lowest BCUT2D eigenvalue weighted by Crippen LogP contribution is -2.41. The van der Waals surface area contributed by atoms with Gasteiger partial charge in [0, 0.05) is 5.56 Å². The Bertz CT molecular complexity index is 497. The molecule has 1 rings (SSSR count). The predicted molar refractivity (Wildman–Crippen MR) is 76.1 cm³/mol. The van der Waals surface area contributed by atoms with Crippen molar-refractivity contribution in [2.75, 3.05) is 7.11 Å². The summed E-state index contributed by atoms with van der Waals surface area (Å²) in [4.78, 5) is 23.3. The monoisotopic (exact) mass is 279 g/mol. The summed E-state index contributed by atoms with van der Waals surface area (Å²) in [5.74, 6) is -0.541. The molecule has 1 aromatic rings. The Morgan fingerprint density at radius 1 is 1.35 bits per heavy atom. The van der Waals surface area contributed by atoms with Crippen LogP contribution in [0.15, 0.2) is 18.2 Å². The molecule has 5 heteroatoms. The van der Waals surface area contributed by atoms with Gasteiger partial charge in [-0.1, -0.05) is 13.8 Å². The summed E-state index contributed by atoms with van der Waals surface area (Å²) in [5.41, 5.74) is 1.20. The maximum absolute atomic E-state index is 12.1. The maximum Gasteiger partial charge on any atom is 0.326 e. The van der Waals surface area contributed by atoms with Crippen LogP contribution >= 0.6 is 0 Å². The number of ether oxygens (including phenoxy) is 1. The predicted octanol–water partition coefficient (Wildman–Crippen LogP) is 2.23. The van der Waals surface area contributed by atoms with Crippen LogP contribution in [-0.4, -0.2) is 30.1 Å². The second-order valence-electron chi connectivity index (χ2n) is 5.17. The standard InChI is InChI=1S/C15H21NO4/c1-9(2)7-13(15(18)19)16-14(17)12-6-5-11(20-4)8-10(12)3/h5-6,8-9,13H,7H2,1-4H3,(H,16,17)(H,18,19)/t13-/m1/s1. The van der Waals surface area contributed by atoms with Gasteiger partial charge in [-0.15, -0.1) is 0 Å². The molecule has 1 atom stereocenters. The second-order valence-corrected chi connectivity index (χ2v) is 5.17. The number of carboxylic acid groups (broad SMARTS) is 1. The fraction of sp³-hybridized carbons (Fsp3) is 0.467. The molecule has 0 unspecified atom stereocenters. The van der Waals surface area contributed by atoms with Crippen LogP contribution in [0.25, 0.3) is 0 Å². The van der Waals surface area contributed by atoms with Crippen LogP contribution in [0.2, 0.25) is 0 Å². The highest BCUT2D eigenvalue weighted by molar-refractivity contribution is 5.97. The van der Waals surface area contributed by atoms with E-state index >= 15 is 0 Å². The van der Waals surface area contributed by atoms with Gasteiger partial charge < -0.3 is 15.2 Å². The zero-order valence-corrected chi connectivity index (χ0v) is 12.3. The number of carbonyl (C=O) groups excluding carboxylic acids is 1. The molecule has 0 heterocycles. The summed E-state index contributed by atoms with van der Waals surface area (Å²) in [6.45, 7) is 5.62. The highest BCUT2D eigenvalue weighted by atomic mass is 16.5. The van der Waals surface area contributed by atoms with Crippen LogP contribution in [0.4, 0.5) is 0 Å². The molecule has 0 aliphatic rings. The van der Waals surface area contributed by atoms with E-state index in [0.29, 0.717) is 17.7 Å². The Morgan fingerprint density at radius 3 is 2.45 bits per heavy atom. The zero-order valence-electron chi connectivity index (χ0n) is 12.3. The van der Waals surface area contributed by atoms with Crippen LogP contribution in [0.1, 0.15) is 36.2 Å². The fourth-order valence-electron chi connectivity index (χ4n) is 1.95. The molecule has 0 bridgehead atoms. The number of aryl methyl sites for hydroxylation is 1. The smallest absolute Gasteiger partial charge is 0.326 e. The van der Waals surface area contributed by atoms with Crippen molar-refractivity contribution in [2.24, 2.45) is 5.92 Å². The van der Waals surface area contributed by atoms with Gasteiger partial charge in [-0.05, 0) is 43.0 Å². The molecule has 20 heavy (non-hydrogen) atoms. The molecule has 0 radical (unpaired) electrons. The third-order valence-electron chi connectivity index (χ3n) is 2.99. The lowest BCUT2D eigenvalue weighted by Gasteiger charge is -2.17. The molecule has 0 spiro atoms. The SMILES string of the molecule is COc1ccc(C(=O)N[C@H](CC(C)C)C(=O)O)c(C)c1. The molecule has 0 saturated heterocycles. The molecule has 2 N–H and O–H groups in total. The van der Waals surface area contributed by atoms with Crippen molar-refractivity contribution in [3.63, 3.8) is 0 Å². The number of carbonyl (C=O) groups is 2. The van der Waals surface area contributed by atoms with Crippen LogP contribution in [0, 0.1) is 12.8 Å². The third kappa shape index (κ3) is 4.26. The number of rotatable bonds is 6. The Kier molecular flexibility index (Phi) is 5.55. The quantitative estimate of drug-likeness (QED) is 0.837. The lowest BCUT2D eigenvalue weighted by molar-refractivity contribution is -0.139. The van der Waals surface area contributed by atoms with Gasteiger partial charge in [0.05, 0.1) is 7.11 Å². The Balaban J connectivity index is 2.86. The number of nitrogens with one attached hydrogen (secondary N) is 1. The number of hydrogen-bond donors (Lipinski definition) is 2. The van der Waals surface area contributed by atoms with E-state index < -0.39 is 12.0 Å². The van der Waals surface area contributed by atoms with Crippen LogP contribution < -0.4 is 10.1 Å². The Morgan fingerprint density at radius 2 is 2.00 bits per heavy atom. The first-order chi connectivity index (χ1) is 9.35. The van der Waals surface area contributed by atoms with Crippen molar-refractivity contribution in [1.29, 1.82) is 0 Å². The number of carboxylic acids is 1. The van der Waals surface area contributed by atoms with Gasteiger partial charge in [-0.25, -0.2) is 4.79 Å². The van der Waals surface area contributed by atoms with E-state index in [-0.39, 0.29) is 11.8 Å². The molecule has 110 valence electrons. The van der Waals surface area contributed by atoms with Gasteiger partial charge in [-0.3, -0.25) is 4.79 Å². The van der Waals surface area contributed by atoms with E-state index in [2.05, 4.69) is 5.32 Å². The Labute approximate surface area is 118 Å². The van der Waals surface area contributed by atoms with Gasteiger partial charge in [0.1, 0.15) is 11.8 Å². The van der Waals surface area contributed by atoms with E-state index in [1.54, 1.807) is 32.2 Å². The van der Waals surface area contributed by atoms with Crippen LogP contribution in [0.5, 0.6) is 5.75 Å². The molecule has 0 aliphatic carbocycles. The summed E-state index contributed by atoms with van der Waals surface area (Å²) in [7, 11) is 1.55. The van der Waals surface area contributed by atoms with Gasteiger partial charge in [-0.2, -0.15) is 0 Å². The molecule has 0 fully saturated rings. The summed E-state index contributed by atoms with van der Waals surface area (Å²) in [6.07, 6.45) is 0.399. The van der Waals surface area contributed by atoms with E-state index in [1.807, 2.05) is 13.8 Å². The van der Waals surface area contributed by atoms with Crippen molar-refractivity contribution < 1.29 is 19.4 Å². The largest absolute Gasteiger partial charge is 0.497 e. The second kappa shape index (κ2) is 6.93. The minimum absolute atomic E-state index is 0.188. The molecule has 1 amide bonds. The summed E-state index contributed by atoms with van der Waals surface area (Å²) in [5, 5.41) is 11.7. The topological polar surface area (TPSA) is 75.6 Å². The lowest BCUT2D eigenvalue weighted by atomic mass is 10.0. The van der Waals surface area contributed by atoms with Crippen LogP contribution in [-0.2, 0) is 4.79 Å². The fourth-order valence-corrected chi connectivity index (χ4v) is 1.95. The maximum atomic E-state index is 12.1. The van der Waals surface area contributed by atoms with Crippen molar-refractivity contribution >= 4 is 11.9 Å². The summed E-state index contributed by atoms with van der Waals surface area (Å²) in [6, 6.07) is 4.19. The highest BCUT2D eigenvalue weighted by Gasteiger charge is 2.22.